The predicted octanol–water partition coefficient (Wildman–Crippen LogP) is 4.75. The lowest BCUT2D eigenvalue weighted by atomic mass is 9.87. The molecular formula is C21H24O3. The first-order valence-corrected chi connectivity index (χ1v) is 7.97. The standard InChI is InChI=1S/C21H24O3/c1-21(2,3)18-10-5-17(6-11-18)15-24-20(22)14-9-16-7-12-19(23-4)13-8-16/h5-14H,15H2,1-4H3/b14-9+. The van der Waals surface area contributed by atoms with E-state index in [4.69, 9.17) is 9.47 Å². The number of ether oxygens (including phenoxy) is 2. The zero-order valence-corrected chi connectivity index (χ0v) is 14.7. The third-order valence-electron chi connectivity index (χ3n) is 3.73. The second-order valence-corrected chi connectivity index (χ2v) is 6.66. The van der Waals surface area contributed by atoms with Gasteiger partial charge in [-0.15, -0.1) is 0 Å². The number of hydrogen-bond acceptors (Lipinski definition) is 3. The highest BCUT2D eigenvalue weighted by atomic mass is 16.5. The SMILES string of the molecule is COc1ccc(/C=C/C(=O)OCc2ccc(C(C)(C)C)cc2)cc1. The van der Waals surface area contributed by atoms with Gasteiger partial charge in [0.2, 0.25) is 0 Å². The van der Waals surface area contributed by atoms with Crippen LogP contribution >= 0.6 is 0 Å². The van der Waals surface area contributed by atoms with E-state index < -0.39 is 0 Å². The number of carbonyl (C=O) groups excluding carboxylic acids is 1. The van der Waals surface area contributed by atoms with Gasteiger partial charge in [0.15, 0.2) is 0 Å². The van der Waals surface area contributed by atoms with Crippen LogP contribution in [0.5, 0.6) is 5.75 Å². The third-order valence-corrected chi connectivity index (χ3v) is 3.73. The molecule has 3 nitrogen and oxygen atoms in total. The van der Waals surface area contributed by atoms with Crippen molar-refractivity contribution in [1.29, 1.82) is 0 Å². The monoisotopic (exact) mass is 324 g/mol. The van der Waals surface area contributed by atoms with Gasteiger partial charge in [0.25, 0.3) is 0 Å². The molecule has 0 aliphatic heterocycles. The molecule has 3 heteroatoms. The fourth-order valence-corrected chi connectivity index (χ4v) is 2.18. The van der Waals surface area contributed by atoms with Crippen LogP contribution in [0.3, 0.4) is 0 Å². The lowest BCUT2D eigenvalue weighted by Gasteiger charge is -2.19. The van der Waals surface area contributed by atoms with Crippen molar-refractivity contribution in [3.8, 4) is 5.75 Å². The summed E-state index contributed by atoms with van der Waals surface area (Å²) in [5.74, 6) is 0.430. The first-order chi connectivity index (χ1) is 11.4. The van der Waals surface area contributed by atoms with Crippen molar-refractivity contribution in [2.75, 3.05) is 7.11 Å². The largest absolute Gasteiger partial charge is 0.497 e. The predicted molar refractivity (Wildman–Crippen MR) is 97.0 cm³/mol. The minimum absolute atomic E-state index is 0.121. The van der Waals surface area contributed by atoms with Crippen LogP contribution in [0.1, 0.15) is 37.5 Å². The van der Waals surface area contributed by atoms with Crippen LogP contribution in [0.4, 0.5) is 0 Å². The van der Waals surface area contributed by atoms with Crippen LogP contribution in [0.25, 0.3) is 6.08 Å². The maximum Gasteiger partial charge on any atom is 0.331 e. The Bertz CT molecular complexity index is 689. The highest BCUT2D eigenvalue weighted by molar-refractivity contribution is 5.87. The molecule has 24 heavy (non-hydrogen) atoms. The van der Waals surface area contributed by atoms with Crippen molar-refractivity contribution in [3.05, 3.63) is 71.3 Å². The Kier molecular flexibility index (Phi) is 5.80. The Balaban J connectivity index is 1.87. The zero-order valence-electron chi connectivity index (χ0n) is 14.7. The molecule has 0 spiro atoms. The Morgan fingerprint density at radius 3 is 2.17 bits per heavy atom. The van der Waals surface area contributed by atoms with Crippen molar-refractivity contribution >= 4 is 12.0 Å². The molecule has 0 radical (unpaired) electrons. The summed E-state index contributed by atoms with van der Waals surface area (Å²) in [6.07, 6.45) is 3.16. The van der Waals surface area contributed by atoms with Gasteiger partial charge in [0.05, 0.1) is 7.11 Å². The lowest BCUT2D eigenvalue weighted by Crippen LogP contribution is -2.10. The lowest BCUT2D eigenvalue weighted by molar-refractivity contribution is -0.138. The van der Waals surface area contributed by atoms with E-state index in [9.17, 15) is 4.79 Å². The Morgan fingerprint density at radius 2 is 1.62 bits per heavy atom. The smallest absolute Gasteiger partial charge is 0.331 e. The van der Waals surface area contributed by atoms with Gasteiger partial charge in [0.1, 0.15) is 12.4 Å². The van der Waals surface area contributed by atoms with Gasteiger partial charge in [-0.1, -0.05) is 57.2 Å². The van der Waals surface area contributed by atoms with E-state index in [-0.39, 0.29) is 18.0 Å². The molecular weight excluding hydrogens is 300 g/mol. The molecule has 2 aromatic carbocycles. The molecule has 0 atom stereocenters. The van der Waals surface area contributed by atoms with Crippen LogP contribution < -0.4 is 4.74 Å². The van der Waals surface area contributed by atoms with Gasteiger partial charge in [-0.3, -0.25) is 0 Å². The second-order valence-electron chi connectivity index (χ2n) is 6.66. The summed E-state index contributed by atoms with van der Waals surface area (Å²) in [5, 5.41) is 0. The third kappa shape index (κ3) is 5.27. The summed E-state index contributed by atoms with van der Waals surface area (Å²) in [6, 6.07) is 15.6. The van der Waals surface area contributed by atoms with Crippen LogP contribution in [-0.2, 0) is 21.6 Å². The Hall–Kier alpha value is -2.55. The van der Waals surface area contributed by atoms with Crippen LogP contribution in [0.2, 0.25) is 0 Å². The number of hydrogen-bond donors (Lipinski definition) is 0. The van der Waals surface area contributed by atoms with Crippen molar-refractivity contribution in [3.63, 3.8) is 0 Å². The van der Waals surface area contributed by atoms with Gasteiger partial charge in [-0.25, -0.2) is 4.79 Å². The second kappa shape index (κ2) is 7.82. The van der Waals surface area contributed by atoms with Crippen LogP contribution in [-0.4, -0.2) is 13.1 Å². The highest BCUT2D eigenvalue weighted by Crippen LogP contribution is 2.22. The normalized spacial score (nSPS) is 11.5. The molecule has 0 N–H and O–H groups in total. The van der Waals surface area contributed by atoms with Crippen molar-refractivity contribution in [2.45, 2.75) is 32.8 Å². The molecule has 0 aromatic heterocycles. The van der Waals surface area contributed by atoms with Gasteiger partial charge in [0, 0.05) is 6.08 Å². The average Bonchev–Trinajstić information content (AvgIpc) is 2.58. The fourth-order valence-electron chi connectivity index (χ4n) is 2.18. The number of rotatable bonds is 5. The highest BCUT2D eigenvalue weighted by Gasteiger charge is 2.12. The van der Waals surface area contributed by atoms with Crippen molar-refractivity contribution in [2.24, 2.45) is 0 Å². The summed E-state index contributed by atoms with van der Waals surface area (Å²) < 4.78 is 10.4. The molecule has 0 saturated heterocycles. The molecule has 0 aliphatic rings. The van der Waals surface area contributed by atoms with Gasteiger partial charge in [-0.05, 0) is 40.3 Å². The zero-order chi connectivity index (χ0) is 17.6. The van der Waals surface area contributed by atoms with Crippen molar-refractivity contribution < 1.29 is 14.3 Å². The minimum atomic E-state index is -0.356. The number of carbonyl (C=O) groups is 1. The molecule has 126 valence electrons. The first-order valence-electron chi connectivity index (χ1n) is 7.97. The average molecular weight is 324 g/mol. The number of esters is 1. The molecule has 0 bridgehead atoms. The quantitative estimate of drug-likeness (QED) is 0.588. The molecule has 2 aromatic rings. The van der Waals surface area contributed by atoms with Gasteiger partial charge >= 0.3 is 5.97 Å². The van der Waals surface area contributed by atoms with Gasteiger partial charge in [-0.2, -0.15) is 0 Å². The van der Waals surface area contributed by atoms with E-state index in [1.54, 1.807) is 13.2 Å². The summed E-state index contributed by atoms with van der Waals surface area (Å²) in [5.41, 5.74) is 3.28. The molecule has 2 rings (SSSR count). The Labute approximate surface area is 143 Å². The van der Waals surface area contributed by atoms with Crippen LogP contribution in [0.15, 0.2) is 54.6 Å². The van der Waals surface area contributed by atoms with Gasteiger partial charge < -0.3 is 9.47 Å². The first kappa shape index (κ1) is 17.8. The number of methoxy groups -OCH3 is 1. The summed E-state index contributed by atoms with van der Waals surface area (Å²) >= 11 is 0. The molecule has 0 unspecified atom stereocenters. The van der Waals surface area contributed by atoms with E-state index in [0.717, 1.165) is 16.9 Å². The van der Waals surface area contributed by atoms with E-state index in [2.05, 4.69) is 32.9 Å². The molecule has 0 saturated carbocycles. The fraction of sp³-hybridized carbons (Fsp3) is 0.286. The summed E-state index contributed by atoms with van der Waals surface area (Å²) in [7, 11) is 1.62. The van der Waals surface area contributed by atoms with E-state index in [0.29, 0.717) is 0 Å². The molecule has 0 heterocycles. The van der Waals surface area contributed by atoms with E-state index >= 15 is 0 Å². The van der Waals surface area contributed by atoms with E-state index in [1.807, 2.05) is 36.4 Å². The van der Waals surface area contributed by atoms with Crippen LogP contribution in [0, 0.1) is 0 Å². The minimum Gasteiger partial charge on any atom is -0.497 e. The topological polar surface area (TPSA) is 35.5 Å². The summed E-state index contributed by atoms with van der Waals surface area (Å²) in [6.45, 7) is 6.79. The maximum atomic E-state index is 11.8. The number of benzene rings is 2. The summed E-state index contributed by atoms with van der Waals surface area (Å²) in [4.78, 5) is 11.8. The molecule has 0 aliphatic carbocycles. The van der Waals surface area contributed by atoms with Crippen molar-refractivity contribution in [1.82, 2.24) is 0 Å². The Morgan fingerprint density at radius 1 is 1.00 bits per heavy atom. The van der Waals surface area contributed by atoms with E-state index in [1.165, 1.54) is 11.6 Å². The molecule has 0 amide bonds. The molecule has 0 fully saturated rings. The maximum absolute atomic E-state index is 11.8.